The Morgan fingerprint density at radius 3 is 2.36 bits per heavy atom. The number of alkyl halides is 3. The average molecular weight is 392 g/mol. The van der Waals surface area contributed by atoms with Crippen molar-refractivity contribution in [2.24, 2.45) is 5.10 Å². The van der Waals surface area contributed by atoms with Gasteiger partial charge in [0.2, 0.25) is 0 Å². The fourth-order valence-electron chi connectivity index (χ4n) is 3.16. The van der Waals surface area contributed by atoms with Gasteiger partial charge in [0.15, 0.2) is 11.5 Å². The maximum Gasteiger partial charge on any atom is 0.473 e. The van der Waals surface area contributed by atoms with E-state index in [0.29, 0.717) is 27.6 Å². The summed E-state index contributed by atoms with van der Waals surface area (Å²) in [4.78, 5) is 12.1. The smallest absolute Gasteiger partial charge is 0.473 e. The highest BCUT2D eigenvalue weighted by Gasteiger charge is 2.48. The molecule has 0 saturated carbocycles. The van der Waals surface area contributed by atoms with Crippen LogP contribution in [0.1, 0.15) is 29.2 Å². The number of para-hydroxylation sites is 1. The number of hydrogen-bond donors (Lipinski definition) is 0. The standard InChI is InChI=1S/C20H19F3N2O3/c1-12-7-9-13(10-8-12)15-11-16(25(24-15)19(26)20(21,22)23)14-5-4-6-17(27-2)18(14)28-3/h4-10,16H,11H2,1-3H3. The monoisotopic (exact) mass is 392 g/mol. The van der Waals surface area contributed by atoms with Crippen LogP contribution in [0.4, 0.5) is 13.2 Å². The quantitative estimate of drug-likeness (QED) is 0.782. The van der Waals surface area contributed by atoms with Gasteiger partial charge in [-0.25, -0.2) is 5.01 Å². The van der Waals surface area contributed by atoms with Gasteiger partial charge >= 0.3 is 12.1 Å². The Labute approximate surface area is 160 Å². The summed E-state index contributed by atoms with van der Waals surface area (Å²) in [5.74, 6) is -1.39. The van der Waals surface area contributed by atoms with Crippen molar-refractivity contribution >= 4 is 11.6 Å². The molecule has 0 radical (unpaired) electrons. The van der Waals surface area contributed by atoms with E-state index < -0.39 is 18.1 Å². The lowest BCUT2D eigenvalue weighted by molar-refractivity contribution is -0.187. The third-order valence-electron chi connectivity index (χ3n) is 4.54. The van der Waals surface area contributed by atoms with Crippen molar-refractivity contribution in [1.82, 2.24) is 5.01 Å². The zero-order chi connectivity index (χ0) is 20.5. The molecule has 0 saturated heterocycles. The summed E-state index contributed by atoms with van der Waals surface area (Å²) >= 11 is 0. The number of nitrogens with zero attached hydrogens (tertiary/aromatic N) is 2. The van der Waals surface area contributed by atoms with E-state index in [1.807, 2.05) is 19.1 Å². The van der Waals surface area contributed by atoms with Crippen LogP contribution in [0.5, 0.6) is 11.5 Å². The second-order valence-electron chi connectivity index (χ2n) is 6.36. The molecular weight excluding hydrogens is 373 g/mol. The maximum atomic E-state index is 13.2. The lowest BCUT2D eigenvalue weighted by Crippen LogP contribution is -2.38. The molecule has 0 aromatic heterocycles. The molecule has 1 amide bonds. The molecule has 0 aliphatic carbocycles. The largest absolute Gasteiger partial charge is 0.493 e. The summed E-state index contributed by atoms with van der Waals surface area (Å²) in [7, 11) is 2.83. The zero-order valence-electron chi connectivity index (χ0n) is 15.6. The Kier molecular flexibility index (Phi) is 5.31. The van der Waals surface area contributed by atoms with Crippen molar-refractivity contribution in [2.45, 2.75) is 25.6 Å². The average Bonchev–Trinajstić information content (AvgIpc) is 3.11. The van der Waals surface area contributed by atoms with Crippen LogP contribution < -0.4 is 9.47 Å². The number of amides is 1. The van der Waals surface area contributed by atoms with Gasteiger partial charge in [-0.3, -0.25) is 4.79 Å². The van der Waals surface area contributed by atoms with Gasteiger partial charge in [-0.05, 0) is 18.6 Å². The van der Waals surface area contributed by atoms with Gasteiger partial charge in [-0.2, -0.15) is 18.3 Å². The fraction of sp³-hybridized carbons (Fsp3) is 0.300. The summed E-state index contributed by atoms with van der Waals surface area (Å²) in [5.41, 5.74) is 2.46. The van der Waals surface area contributed by atoms with Gasteiger partial charge in [-0.15, -0.1) is 0 Å². The van der Waals surface area contributed by atoms with E-state index >= 15 is 0 Å². The molecule has 1 heterocycles. The van der Waals surface area contributed by atoms with Crippen LogP contribution in [0, 0.1) is 6.92 Å². The molecular formula is C20H19F3N2O3. The van der Waals surface area contributed by atoms with Gasteiger partial charge < -0.3 is 9.47 Å². The van der Waals surface area contributed by atoms with Gasteiger partial charge in [0, 0.05) is 12.0 Å². The topological polar surface area (TPSA) is 51.1 Å². The molecule has 0 N–H and O–H groups in total. The predicted octanol–water partition coefficient (Wildman–Crippen LogP) is 4.25. The maximum absolute atomic E-state index is 13.2. The first-order valence-corrected chi connectivity index (χ1v) is 8.52. The second-order valence-corrected chi connectivity index (χ2v) is 6.36. The van der Waals surface area contributed by atoms with E-state index in [1.54, 1.807) is 30.3 Å². The summed E-state index contributed by atoms with van der Waals surface area (Å²) in [6.07, 6.45) is -4.93. The molecule has 8 heteroatoms. The van der Waals surface area contributed by atoms with Gasteiger partial charge in [0.1, 0.15) is 0 Å². The van der Waals surface area contributed by atoms with Gasteiger partial charge in [-0.1, -0.05) is 42.0 Å². The molecule has 2 aromatic rings. The van der Waals surface area contributed by atoms with E-state index in [4.69, 9.17) is 9.47 Å². The van der Waals surface area contributed by atoms with Crippen molar-refractivity contribution in [3.8, 4) is 11.5 Å². The van der Waals surface area contributed by atoms with Crippen LogP contribution in [-0.4, -0.2) is 37.0 Å². The van der Waals surface area contributed by atoms with Crippen LogP contribution in [0.15, 0.2) is 47.6 Å². The third kappa shape index (κ3) is 3.67. The molecule has 0 spiro atoms. The number of carbonyl (C=O) groups is 1. The molecule has 28 heavy (non-hydrogen) atoms. The van der Waals surface area contributed by atoms with E-state index in [2.05, 4.69) is 5.10 Å². The Bertz CT molecular complexity index is 908. The number of aryl methyl sites for hydroxylation is 1. The van der Waals surface area contributed by atoms with Crippen LogP contribution in [0.25, 0.3) is 0 Å². The van der Waals surface area contributed by atoms with Gasteiger partial charge in [0.05, 0.1) is 26.0 Å². The molecule has 1 aliphatic rings. The van der Waals surface area contributed by atoms with Crippen LogP contribution in [0.2, 0.25) is 0 Å². The lowest BCUT2D eigenvalue weighted by Gasteiger charge is -2.25. The van der Waals surface area contributed by atoms with E-state index in [9.17, 15) is 18.0 Å². The minimum Gasteiger partial charge on any atom is -0.493 e. The summed E-state index contributed by atoms with van der Waals surface area (Å²) < 4.78 is 50.1. The van der Waals surface area contributed by atoms with Crippen molar-refractivity contribution in [3.63, 3.8) is 0 Å². The molecule has 2 aromatic carbocycles. The summed E-state index contributed by atoms with van der Waals surface area (Å²) in [6, 6.07) is 11.1. The highest BCUT2D eigenvalue weighted by molar-refractivity contribution is 6.03. The first-order valence-electron chi connectivity index (χ1n) is 8.52. The Morgan fingerprint density at radius 2 is 1.79 bits per heavy atom. The zero-order valence-corrected chi connectivity index (χ0v) is 15.6. The number of benzene rings is 2. The molecule has 1 aliphatic heterocycles. The number of hydrazone groups is 1. The Balaban J connectivity index is 2.07. The normalized spacial score (nSPS) is 16.7. The minimum atomic E-state index is -5.05. The number of halogens is 3. The first-order chi connectivity index (χ1) is 13.3. The molecule has 1 atom stereocenters. The number of rotatable bonds is 4. The molecule has 0 fully saturated rings. The van der Waals surface area contributed by atoms with E-state index in [-0.39, 0.29) is 12.2 Å². The van der Waals surface area contributed by atoms with E-state index in [0.717, 1.165) is 5.56 Å². The minimum absolute atomic E-state index is 0.119. The Hall–Kier alpha value is -3.03. The molecule has 3 rings (SSSR count). The molecule has 5 nitrogen and oxygen atoms in total. The number of hydrogen-bond acceptors (Lipinski definition) is 4. The third-order valence-corrected chi connectivity index (χ3v) is 4.54. The van der Waals surface area contributed by atoms with Crippen molar-refractivity contribution in [1.29, 1.82) is 0 Å². The van der Waals surface area contributed by atoms with E-state index in [1.165, 1.54) is 14.2 Å². The van der Waals surface area contributed by atoms with Gasteiger partial charge in [0.25, 0.3) is 0 Å². The summed E-state index contributed by atoms with van der Waals surface area (Å²) in [5, 5.41) is 4.52. The number of methoxy groups -OCH3 is 2. The first kappa shape index (κ1) is 19.7. The van der Waals surface area contributed by atoms with Crippen molar-refractivity contribution in [2.75, 3.05) is 14.2 Å². The SMILES string of the molecule is COc1cccc(C2CC(c3ccc(C)cc3)=NN2C(=O)C(F)(F)F)c1OC. The molecule has 0 bridgehead atoms. The molecule has 1 unspecified atom stereocenters. The van der Waals surface area contributed by atoms with Crippen molar-refractivity contribution < 1.29 is 27.4 Å². The fourth-order valence-corrected chi connectivity index (χ4v) is 3.16. The van der Waals surface area contributed by atoms with Crippen molar-refractivity contribution in [3.05, 3.63) is 59.2 Å². The molecule has 148 valence electrons. The highest BCUT2D eigenvalue weighted by Crippen LogP contribution is 2.42. The predicted molar refractivity (Wildman–Crippen MR) is 97.5 cm³/mol. The number of ether oxygens (including phenoxy) is 2. The summed E-state index contributed by atoms with van der Waals surface area (Å²) in [6.45, 7) is 1.91. The highest BCUT2D eigenvalue weighted by atomic mass is 19.4. The van der Waals surface area contributed by atoms with Crippen LogP contribution >= 0.6 is 0 Å². The second kappa shape index (κ2) is 7.53. The Morgan fingerprint density at radius 1 is 1.11 bits per heavy atom. The van der Waals surface area contributed by atoms with Crippen LogP contribution in [-0.2, 0) is 4.79 Å². The van der Waals surface area contributed by atoms with Crippen LogP contribution in [0.3, 0.4) is 0 Å². The lowest BCUT2D eigenvalue weighted by atomic mass is 9.97. The number of carbonyl (C=O) groups excluding carboxylic acids is 1.